The van der Waals surface area contributed by atoms with Crippen molar-refractivity contribution in [2.45, 2.75) is 19.4 Å². The molecule has 0 bridgehead atoms. The van der Waals surface area contributed by atoms with Gasteiger partial charge in [-0.3, -0.25) is 4.79 Å². The smallest absolute Gasteiger partial charge is 0.239 e. The largest absolute Gasteiger partial charge is 0.353 e. The summed E-state index contributed by atoms with van der Waals surface area (Å²) in [5.74, 6) is -0.384. The predicted molar refractivity (Wildman–Crippen MR) is 61.2 cm³/mol. The Bertz CT molecular complexity index is 465. The number of nitrogens with zero attached hydrogens (tertiary/aromatic N) is 1. The van der Waals surface area contributed by atoms with Crippen molar-refractivity contribution in [1.82, 2.24) is 0 Å². The second kappa shape index (κ2) is 4.65. The maximum Gasteiger partial charge on any atom is 0.239 e. The van der Waals surface area contributed by atoms with Crippen LogP contribution in [0.5, 0.6) is 0 Å². The van der Waals surface area contributed by atoms with E-state index in [0.717, 1.165) is 5.56 Å². The minimum absolute atomic E-state index is 0.384. The Morgan fingerprint density at radius 3 is 2.62 bits per heavy atom. The maximum atomic E-state index is 11.6. The number of hydrogen-bond acceptors (Lipinski definition) is 3. The minimum Gasteiger partial charge on any atom is -0.353 e. The molecular weight excluding hydrogens is 226 g/mol. The van der Waals surface area contributed by atoms with E-state index in [1.807, 2.05) is 19.1 Å². The molecule has 0 N–H and O–H groups in total. The van der Waals surface area contributed by atoms with Crippen molar-refractivity contribution >= 4 is 17.4 Å². The van der Waals surface area contributed by atoms with Crippen molar-refractivity contribution in [2.75, 3.05) is 7.11 Å². The van der Waals surface area contributed by atoms with Crippen LogP contribution in [0.2, 0.25) is 5.02 Å². The quantitative estimate of drug-likeness (QED) is 0.812. The molecule has 0 spiro atoms. The van der Waals surface area contributed by atoms with Crippen molar-refractivity contribution in [3.63, 3.8) is 0 Å². The molecule has 0 fully saturated rings. The number of Topliss-reactive ketones (excluding diaryl/α,β-unsaturated/α-hetero) is 1. The lowest BCUT2D eigenvalue weighted by Gasteiger charge is -2.23. The Balaban J connectivity index is 3.51. The Labute approximate surface area is 99.6 Å². The molecule has 0 aliphatic rings. The summed E-state index contributed by atoms with van der Waals surface area (Å²) in [6, 6.07) is 7.07. The van der Waals surface area contributed by atoms with E-state index in [4.69, 9.17) is 21.6 Å². The Morgan fingerprint density at radius 2 is 2.19 bits per heavy atom. The molecule has 4 heteroatoms. The van der Waals surface area contributed by atoms with Crippen LogP contribution < -0.4 is 0 Å². The molecule has 1 aromatic carbocycles. The van der Waals surface area contributed by atoms with Gasteiger partial charge in [-0.05, 0) is 19.4 Å². The summed E-state index contributed by atoms with van der Waals surface area (Å²) in [5.41, 5.74) is -0.410. The highest BCUT2D eigenvalue weighted by atomic mass is 35.5. The second-order valence-corrected chi connectivity index (χ2v) is 3.87. The molecule has 0 radical (unpaired) electrons. The molecule has 1 rings (SSSR count). The highest BCUT2D eigenvalue weighted by Gasteiger charge is 2.39. The van der Waals surface area contributed by atoms with Gasteiger partial charge >= 0.3 is 0 Å². The average molecular weight is 238 g/mol. The Kier molecular flexibility index (Phi) is 3.69. The summed E-state index contributed by atoms with van der Waals surface area (Å²) in [6.45, 7) is 3.12. The number of hydrogen-bond donors (Lipinski definition) is 0. The summed E-state index contributed by atoms with van der Waals surface area (Å²) in [5, 5.41) is 9.55. The van der Waals surface area contributed by atoms with Crippen molar-refractivity contribution in [1.29, 1.82) is 5.26 Å². The predicted octanol–water partition coefficient (Wildman–Crippen LogP) is 2.60. The first-order chi connectivity index (χ1) is 7.49. The number of halogens is 1. The van der Waals surface area contributed by atoms with E-state index in [-0.39, 0.29) is 5.78 Å². The van der Waals surface area contributed by atoms with Crippen molar-refractivity contribution in [2.24, 2.45) is 0 Å². The Hall–Kier alpha value is -1.37. The summed E-state index contributed by atoms with van der Waals surface area (Å²) in [6.07, 6.45) is 0. The van der Waals surface area contributed by atoms with Crippen LogP contribution in [-0.2, 0) is 15.1 Å². The van der Waals surface area contributed by atoms with Crippen LogP contribution in [0.1, 0.15) is 18.1 Å². The fourth-order valence-corrected chi connectivity index (χ4v) is 1.81. The highest BCUT2D eigenvalue weighted by molar-refractivity contribution is 6.32. The van der Waals surface area contributed by atoms with Gasteiger partial charge in [-0.15, -0.1) is 0 Å². The Morgan fingerprint density at radius 1 is 1.56 bits per heavy atom. The molecule has 1 atom stereocenters. The van der Waals surface area contributed by atoms with Crippen LogP contribution >= 0.6 is 11.6 Å². The van der Waals surface area contributed by atoms with Crippen LogP contribution in [0.25, 0.3) is 0 Å². The van der Waals surface area contributed by atoms with Crippen molar-refractivity contribution in [3.8, 4) is 6.07 Å². The topological polar surface area (TPSA) is 50.1 Å². The van der Waals surface area contributed by atoms with E-state index in [1.165, 1.54) is 14.0 Å². The molecule has 0 aliphatic carbocycles. The molecule has 0 heterocycles. The van der Waals surface area contributed by atoms with E-state index < -0.39 is 5.60 Å². The summed E-state index contributed by atoms with van der Waals surface area (Å²) in [7, 11) is 1.32. The van der Waals surface area contributed by atoms with Crippen molar-refractivity contribution < 1.29 is 9.53 Å². The molecule has 84 valence electrons. The zero-order valence-corrected chi connectivity index (χ0v) is 10.1. The zero-order chi connectivity index (χ0) is 12.3. The number of methoxy groups -OCH3 is 1. The van der Waals surface area contributed by atoms with E-state index in [1.54, 1.807) is 12.1 Å². The molecule has 3 nitrogen and oxygen atoms in total. The van der Waals surface area contributed by atoms with Gasteiger partial charge in [-0.25, -0.2) is 0 Å². The lowest BCUT2D eigenvalue weighted by molar-refractivity contribution is -0.133. The molecule has 16 heavy (non-hydrogen) atoms. The van der Waals surface area contributed by atoms with Gasteiger partial charge in [0.05, 0.1) is 5.02 Å². The number of nitriles is 1. The molecular formula is C12H12ClNO2. The first kappa shape index (κ1) is 12.7. The SMILES string of the molecule is COC(C#N)(C(C)=O)c1cccc(C)c1Cl. The van der Waals surface area contributed by atoms with Gasteiger partial charge in [0.15, 0.2) is 5.78 Å². The highest BCUT2D eigenvalue weighted by Crippen LogP contribution is 2.33. The molecule has 1 unspecified atom stereocenters. The fraction of sp³-hybridized carbons (Fsp3) is 0.333. The minimum atomic E-state index is -1.61. The zero-order valence-electron chi connectivity index (χ0n) is 9.37. The number of carbonyl (C=O) groups excluding carboxylic acids is 1. The number of ether oxygens (including phenoxy) is 1. The molecule has 0 saturated carbocycles. The van der Waals surface area contributed by atoms with Gasteiger partial charge in [0.1, 0.15) is 6.07 Å². The van der Waals surface area contributed by atoms with Crippen LogP contribution in [0.3, 0.4) is 0 Å². The molecule has 0 amide bonds. The summed E-state index contributed by atoms with van der Waals surface area (Å²) < 4.78 is 5.08. The third kappa shape index (κ3) is 1.82. The van der Waals surface area contributed by atoms with Crippen LogP contribution in [0, 0.1) is 18.3 Å². The van der Waals surface area contributed by atoms with Crippen molar-refractivity contribution in [3.05, 3.63) is 34.3 Å². The van der Waals surface area contributed by atoms with Gasteiger partial charge in [-0.2, -0.15) is 5.26 Å². The number of rotatable bonds is 3. The maximum absolute atomic E-state index is 11.6. The van der Waals surface area contributed by atoms with Gasteiger partial charge < -0.3 is 4.74 Å². The number of carbonyl (C=O) groups is 1. The first-order valence-corrected chi connectivity index (χ1v) is 5.10. The van der Waals surface area contributed by atoms with Crippen LogP contribution in [0.4, 0.5) is 0 Å². The second-order valence-electron chi connectivity index (χ2n) is 3.49. The number of ketones is 1. The number of benzene rings is 1. The molecule has 0 aromatic heterocycles. The normalized spacial score (nSPS) is 13.9. The average Bonchev–Trinajstić information content (AvgIpc) is 2.26. The molecule has 0 saturated heterocycles. The fourth-order valence-electron chi connectivity index (χ4n) is 1.55. The summed E-state index contributed by atoms with van der Waals surface area (Å²) in [4.78, 5) is 11.6. The van der Waals surface area contributed by atoms with E-state index in [0.29, 0.717) is 10.6 Å². The van der Waals surface area contributed by atoms with E-state index in [9.17, 15) is 4.79 Å². The molecule has 1 aromatic rings. The molecule has 0 aliphatic heterocycles. The standard InChI is InChI=1S/C12H12ClNO2/c1-8-5-4-6-10(11(8)13)12(7-14,16-3)9(2)15/h4-6H,1-3H3. The monoisotopic (exact) mass is 237 g/mol. The van der Waals surface area contributed by atoms with Crippen LogP contribution in [-0.4, -0.2) is 12.9 Å². The van der Waals surface area contributed by atoms with Gasteiger partial charge in [0, 0.05) is 12.7 Å². The first-order valence-electron chi connectivity index (χ1n) is 4.72. The number of aryl methyl sites for hydroxylation is 1. The van der Waals surface area contributed by atoms with Gasteiger partial charge in [0.2, 0.25) is 5.60 Å². The lowest BCUT2D eigenvalue weighted by Crippen LogP contribution is -2.35. The lowest BCUT2D eigenvalue weighted by atomic mass is 9.90. The van der Waals surface area contributed by atoms with Gasteiger partial charge in [-0.1, -0.05) is 29.8 Å². The summed E-state index contributed by atoms with van der Waals surface area (Å²) >= 11 is 6.10. The third-order valence-electron chi connectivity index (χ3n) is 2.53. The van der Waals surface area contributed by atoms with Crippen LogP contribution in [0.15, 0.2) is 18.2 Å². The van der Waals surface area contributed by atoms with E-state index >= 15 is 0 Å². The van der Waals surface area contributed by atoms with E-state index in [2.05, 4.69) is 0 Å². The van der Waals surface area contributed by atoms with Gasteiger partial charge in [0.25, 0.3) is 0 Å². The third-order valence-corrected chi connectivity index (χ3v) is 3.03.